The molecule has 0 aliphatic carbocycles. The number of nitrogens with one attached hydrogen (secondary N) is 2. The molecule has 102 valence electrons. The summed E-state index contributed by atoms with van der Waals surface area (Å²) in [6, 6.07) is 8.42. The van der Waals surface area contributed by atoms with Gasteiger partial charge in [-0.05, 0) is 44.4 Å². The van der Waals surface area contributed by atoms with Crippen LogP contribution in [0.1, 0.15) is 31.6 Å². The van der Waals surface area contributed by atoms with Gasteiger partial charge in [-0.15, -0.1) is 0 Å². The molecule has 1 unspecified atom stereocenters. The molecule has 0 bridgehead atoms. The number of aromatic amines is 1. The van der Waals surface area contributed by atoms with E-state index in [0.29, 0.717) is 0 Å². The Hall–Kier alpha value is -1.39. The summed E-state index contributed by atoms with van der Waals surface area (Å²) in [6.45, 7) is 5.02. The second-order valence-electron chi connectivity index (χ2n) is 5.32. The van der Waals surface area contributed by atoms with Crippen molar-refractivity contribution in [2.45, 2.75) is 25.8 Å². The van der Waals surface area contributed by atoms with Crippen molar-refractivity contribution in [2.75, 3.05) is 19.8 Å². The molecule has 2 aromatic rings. The monoisotopic (exact) mass is 259 g/mol. The molecule has 0 amide bonds. The number of nitrogens with zero attached hydrogens (tertiary/aromatic N) is 1. The van der Waals surface area contributed by atoms with Gasteiger partial charge in [0.15, 0.2) is 0 Å². The van der Waals surface area contributed by atoms with Crippen LogP contribution in [0.5, 0.6) is 0 Å². The van der Waals surface area contributed by atoms with Gasteiger partial charge in [-0.1, -0.05) is 12.1 Å². The Kier molecular flexibility index (Phi) is 3.80. The molecule has 19 heavy (non-hydrogen) atoms. The number of rotatable bonds is 4. The Balaban J connectivity index is 1.61. The van der Waals surface area contributed by atoms with E-state index in [2.05, 4.69) is 28.3 Å². The highest BCUT2D eigenvalue weighted by Crippen LogP contribution is 2.18. The van der Waals surface area contributed by atoms with Crippen molar-refractivity contribution in [3.63, 3.8) is 0 Å². The van der Waals surface area contributed by atoms with E-state index in [-0.39, 0.29) is 6.04 Å². The predicted octanol–water partition coefficient (Wildman–Crippen LogP) is 2.64. The van der Waals surface area contributed by atoms with Crippen molar-refractivity contribution in [1.82, 2.24) is 15.3 Å². The highest BCUT2D eigenvalue weighted by molar-refractivity contribution is 5.74. The molecule has 0 radical (unpaired) electrons. The van der Waals surface area contributed by atoms with E-state index in [1.807, 2.05) is 18.2 Å². The first kappa shape index (κ1) is 12.6. The second-order valence-corrected chi connectivity index (χ2v) is 5.32. The molecule has 4 nitrogen and oxygen atoms in total. The van der Waals surface area contributed by atoms with Gasteiger partial charge < -0.3 is 15.0 Å². The third-order valence-electron chi connectivity index (χ3n) is 3.87. The van der Waals surface area contributed by atoms with Gasteiger partial charge >= 0.3 is 0 Å². The molecule has 1 fully saturated rings. The van der Waals surface area contributed by atoms with Crippen LogP contribution in [-0.4, -0.2) is 29.7 Å². The molecule has 0 spiro atoms. The van der Waals surface area contributed by atoms with Gasteiger partial charge in [0.05, 0.1) is 17.1 Å². The third kappa shape index (κ3) is 2.96. The van der Waals surface area contributed by atoms with Gasteiger partial charge in [0, 0.05) is 13.2 Å². The Labute approximate surface area is 113 Å². The molecule has 2 N–H and O–H groups in total. The lowest BCUT2D eigenvalue weighted by Crippen LogP contribution is -2.30. The summed E-state index contributed by atoms with van der Waals surface area (Å²) in [7, 11) is 0. The molecule has 1 aromatic carbocycles. The van der Waals surface area contributed by atoms with Gasteiger partial charge in [-0.3, -0.25) is 0 Å². The third-order valence-corrected chi connectivity index (χ3v) is 3.87. The van der Waals surface area contributed by atoms with Crippen LogP contribution in [0.4, 0.5) is 0 Å². The van der Waals surface area contributed by atoms with Crippen molar-refractivity contribution >= 4 is 11.0 Å². The van der Waals surface area contributed by atoms with Crippen molar-refractivity contribution in [2.24, 2.45) is 5.92 Å². The lowest BCUT2D eigenvalue weighted by molar-refractivity contribution is 0.0655. The molecule has 3 rings (SSSR count). The van der Waals surface area contributed by atoms with Crippen LogP contribution in [0.25, 0.3) is 11.0 Å². The topological polar surface area (TPSA) is 49.9 Å². The quantitative estimate of drug-likeness (QED) is 0.887. The largest absolute Gasteiger partial charge is 0.381 e. The van der Waals surface area contributed by atoms with E-state index >= 15 is 0 Å². The van der Waals surface area contributed by atoms with Gasteiger partial charge in [-0.25, -0.2) is 4.98 Å². The molecule has 1 saturated heterocycles. The van der Waals surface area contributed by atoms with Crippen LogP contribution in [0.15, 0.2) is 24.3 Å². The summed E-state index contributed by atoms with van der Waals surface area (Å²) in [5.74, 6) is 1.76. The van der Waals surface area contributed by atoms with Crippen molar-refractivity contribution in [3.05, 3.63) is 30.1 Å². The number of para-hydroxylation sites is 2. The summed E-state index contributed by atoms with van der Waals surface area (Å²) in [4.78, 5) is 8.02. The molecular formula is C15H21N3O. The summed E-state index contributed by atoms with van der Waals surface area (Å²) in [6.07, 6.45) is 2.33. The number of imidazole rings is 1. The lowest BCUT2D eigenvalue weighted by atomic mass is 10.0. The highest BCUT2D eigenvalue weighted by Gasteiger charge is 2.16. The fraction of sp³-hybridized carbons (Fsp3) is 0.533. The van der Waals surface area contributed by atoms with Crippen LogP contribution < -0.4 is 5.32 Å². The SMILES string of the molecule is CC(NCC1CCOCC1)c1nc2ccccc2[nH]1. The van der Waals surface area contributed by atoms with E-state index in [0.717, 1.165) is 42.5 Å². The number of hydrogen-bond donors (Lipinski definition) is 2. The van der Waals surface area contributed by atoms with Gasteiger partial charge in [-0.2, -0.15) is 0 Å². The van der Waals surface area contributed by atoms with Crippen LogP contribution in [0.2, 0.25) is 0 Å². The number of ether oxygens (including phenoxy) is 1. The second kappa shape index (κ2) is 5.72. The Bertz CT molecular complexity index is 498. The van der Waals surface area contributed by atoms with Gasteiger partial charge in [0.25, 0.3) is 0 Å². The highest BCUT2D eigenvalue weighted by atomic mass is 16.5. The number of aromatic nitrogens is 2. The van der Waals surface area contributed by atoms with Crippen molar-refractivity contribution in [3.8, 4) is 0 Å². The van der Waals surface area contributed by atoms with E-state index in [4.69, 9.17) is 4.74 Å². The Morgan fingerprint density at radius 1 is 1.37 bits per heavy atom. The smallest absolute Gasteiger partial charge is 0.124 e. The maximum absolute atomic E-state index is 5.38. The average Bonchev–Trinajstić information content (AvgIpc) is 2.90. The number of fused-ring (bicyclic) bond motifs is 1. The zero-order chi connectivity index (χ0) is 13.1. The molecular weight excluding hydrogens is 238 g/mol. The minimum atomic E-state index is 0.259. The summed E-state index contributed by atoms with van der Waals surface area (Å²) >= 11 is 0. The van der Waals surface area contributed by atoms with Crippen molar-refractivity contribution in [1.29, 1.82) is 0 Å². The standard InChI is InChI=1S/C15H21N3O/c1-11(16-10-12-6-8-19-9-7-12)15-17-13-4-2-3-5-14(13)18-15/h2-5,11-12,16H,6-10H2,1H3,(H,17,18). The van der Waals surface area contributed by atoms with Crippen LogP contribution in [-0.2, 0) is 4.74 Å². The van der Waals surface area contributed by atoms with E-state index in [1.54, 1.807) is 0 Å². The number of benzene rings is 1. The molecule has 0 saturated carbocycles. The van der Waals surface area contributed by atoms with Gasteiger partial charge in [0.1, 0.15) is 5.82 Å². The molecule has 1 aromatic heterocycles. The van der Waals surface area contributed by atoms with Crippen LogP contribution in [0, 0.1) is 5.92 Å². The summed E-state index contributed by atoms with van der Waals surface area (Å²) in [5, 5.41) is 3.58. The normalized spacial score (nSPS) is 18.8. The maximum atomic E-state index is 5.38. The first-order valence-electron chi connectivity index (χ1n) is 7.08. The molecule has 1 aliphatic rings. The average molecular weight is 259 g/mol. The van der Waals surface area contributed by atoms with E-state index in [9.17, 15) is 0 Å². The molecule has 1 atom stereocenters. The molecule has 2 heterocycles. The fourth-order valence-corrected chi connectivity index (χ4v) is 2.57. The summed E-state index contributed by atoms with van der Waals surface area (Å²) in [5.41, 5.74) is 2.15. The minimum Gasteiger partial charge on any atom is -0.381 e. The van der Waals surface area contributed by atoms with E-state index in [1.165, 1.54) is 12.8 Å². The Morgan fingerprint density at radius 3 is 2.95 bits per heavy atom. The summed E-state index contributed by atoms with van der Waals surface area (Å²) < 4.78 is 5.38. The Morgan fingerprint density at radius 2 is 2.16 bits per heavy atom. The first-order valence-corrected chi connectivity index (χ1v) is 7.08. The lowest BCUT2D eigenvalue weighted by Gasteiger charge is -2.23. The maximum Gasteiger partial charge on any atom is 0.124 e. The fourth-order valence-electron chi connectivity index (χ4n) is 2.57. The van der Waals surface area contributed by atoms with E-state index < -0.39 is 0 Å². The number of H-pyrrole nitrogens is 1. The van der Waals surface area contributed by atoms with Crippen LogP contribution >= 0.6 is 0 Å². The first-order chi connectivity index (χ1) is 9.33. The van der Waals surface area contributed by atoms with Gasteiger partial charge in [0.2, 0.25) is 0 Å². The number of hydrogen-bond acceptors (Lipinski definition) is 3. The zero-order valence-corrected chi connectivity index (χ0v) is 11.4. The van der Waals surface area contributed by atoms with Crippen LogP contribution in [0.3, 0.4) is 0 Å². The minimum absolute atomic E-state index is 0.259. The zero-order valence-electron chi connectivity index (χ0n) is 11.4. The molecule has 1 aliphatic heterocycles. The van der Waals surface area contributed by atoms with Crippen molar-refractivity contribution < 1.29 is 4.74 Å². The predicted molar refractivity (Wildman–Crippen MR) is 76.1 cm³/mol. The molecule has 4 heteroatoms.